The lowest BCUT2D eigenvalue weighted by molar-refractivity contribution is -0.137. The van der Waals surface area contributed by atoms with Gasteiger partial charge in [0.05, 0.1) is 12.6 Å². The fourth-order valence-corrected chi connectivity index (χ4v) is 1.18. The number of aromatic nitrogens is 2. The van der Waals surface area contributed by atoms with Crippen LogP contribution in [0.1, 0.15) is 23.7 Å². The van der Waals surface area contributed by atoms with E-state index >= 15 is 0 Å². The SMILES string of the molecule is Cc1c([C@H](N)CC(=O)O)cnn1C. The minimum Gasteiger partial charge on any atom is -0.481 e. The Balaban J connectivity index is 2.82. The maximum atomic E-state index is 10.4. The van der Waals surface area contributed by atoms with E-state index in [2.05, 4.69) is 5.10 Å². The number of hydrogen-bond donors (Lipinski definition) is 2. The predicted octanol–water partition coefficient (Wildman–Crippen LogP) is 0.203. The van der Waals surface area contributed by atoms with Crippen LogP contribution >= 0.6 is 0 Å². The Bertz CT molecular complexity index is 319. The molecule has 3 N–H and O–H groups in total. The average molecular weight is 183 g/mol. The van der Waals surface area contributed by atoms with Crippen molar-refractivity contribution in [2.24, 2.45) is 12.8 Å². The van der Waals surface area contributed by atoms with E-state index in [4.69, 9.17) is 10.8 Å². The monoisotopic (exact) mass is 183 g/mol. The molecule has 72 valence electrons. The third-order valence-electron chi connectivity index (χ3n) is 2.07. The first kappa shape index (κ1) is 9.73. The van der Waals surface area contributed by atoms with E-state index in [1.54, 1.807) is 17.9 Å². The Morgan fingerprint density at radius 3 is 2.85 bits per heavy atom. The van der Waals surface area contributed by atoms with E-state index in [-0.39, 0.29) is 6.42 Å². The van der Waals surface area contributed by atoms with Crippen LogP contribution in [-0.4, -0.2) is 20.9 Å². The molecular weight excluding hydrogens is 170 g/mol. The number of nitrogens with two attached hydrogens (primary N) is 1. The van der Waals surface area contributed by atoms with Crippen LogP contribution in [0.25, 0.3) is 0 Å². The van der Waals surface area contributed by atoms with Gasteiger partial charge in [-0.3, -0.25) is 9.48 Å². The highest BCUT2D eigenvalue weighted by atomic mass is 16.4. The Kier molecular flexibility index (Phi) is 2.67. The molecule has 0 saturated carbocycles. The van der Waals surface area contributed by atoms with Crippen LogP contribution in [0, 0.1) is 6.92 Å². The highest BCUT2D eigenvalue weighted by Gasteiger charge is 2.15. The van der Waals surface area contributed by atoms with Crippen LogP contribution < -0.4 is 5.73 Å². The largest absolute Gasteiger partial charge is 0.481 e. The first-order chi connectivity index (χ1) is 6.02. The molecule has 0 radical (unpaired) electrons. The van der Waals surface area contributed by atoms with Gasteiger partial charge < -0.3 is 10.8 Å². The number of hydrogen-bond acceptors (Lipinski definition) is 3. The number of carboxylic acid groups (broad SMARTS) is 1. The molecule has 0 spiro atoms. The van der Waals surface area contributed by atoms with Crippen LogP contribution in [0.4, 0.5) is 0 Å². The van der Waals surface area contributed by atoms with Crippen LogP contribution in [0.2, 0.25) is 0 Å². The molecule has 0 aliphatic carbocycles. The average Bonchev–Trinajstić information content (AvgIpc) is 2.31. The van der Waals surface area contributed by atoms with Gasteiger partial charge >= 0.3 is 5.97 Å². The Morgan fingerprint density at radius 2 is 2.46 bits per heavy atom. The van der Waals surface area contributed by atoms with Crippen molar-refractivity contribution in [1.29, 1.82) is 0 Å². The first-order valence-corrected chi connectivity index (χ1v) is 3.98. The molecule has 0 fully saturated rings. The fraction of sp³-hybridized carbons (Fsp3) is 0.500. The lowest BCUT2D eigenvalue weighted by Gasteiger charge is -2.07. The van der Waals surface area contributed by atoms with Gasteiger partial charge in [-0.2, -0.15) is 5.10 Å². The molecule has 0 aromatic carbocycles. The number of carbonyl (C=O) groups is 1. The lowest BCUT2D eigenvalue weighted by Crippen LogP contribution is -2.15. The fourth-order valence-electron chi connectivity index (χ4n) is 1.18. The van der Waals surface area contributed by atoms with E-state index < -0.39 is 12.0 Å². The van der Waals surface area contributed by atoms with E-state index in [1.165, 1.54) is 0 Å². The molecule has 0 aliphatic rings. The predicted molar refractivity (Wildman–Crippen MR) is 47.1 cm³/mol. The standard InChI is InChI=1S/C8H13N3O2/c1-5-6(4-10-11(5)2)7(9)3-8(12)13/h4,7H,3,9H2,1-2H3,(H,12,13)/t7-/m1/s1. The summed E-state index contributed by atoms with van der Waals surface area (Å²) < 4.78 is 1.68. The summed E-state index contributed by atoms with van der Waals surface area (Å²) in [5.41, 5.74) is 7.38. The molecule has 0 bridgehead atoms. The summed E-state index contributed by atoms with van der Waals surface area (Å²) in [5, 5.41) is 12.5. The summed E-state index contributed by atoms with van der Waals surface area (Å²) in [6.07, 6.45) is 1.55. The normalized spacial score (nSPS) is 12.8. The van der Waals surface area contributed by atoms with Crippen LogP contribution in [-0.2, 0) is 11.8 Å². The maximum Gasteiger partial charge on any atom is 0.305 e. The lowest BCUT2D eigenvalue weighted by atomic mass is 10.1. The molecule has 5 nitrogen and oxygen atoms in total. The van der Waals surface area contributed by atoms with Gasteiger partial charge in [0.15, 0.2) is 0 Å². The molecular formula is C8H13N3O2. The molecule has 1 rings (SSSR count). The first-order valence-electron chi connectivity index (χ1n) is 3.98. The highest BCUT2D eigenvalue weighted by molar-refractivity contribution is 5.67. The summed E-state index contributed by atoms with van der Waals surface area (Å²) in [6.45, 7) is 1.87. The van der Waals surface area contributed by atoms with Crippen LogP contribution in [0.5, 0.6) is 0 Å². The zero-order valence-electron chi connectivity index (χ0n) is 7.69. The van der Waals surface area contributed by atoms with Crippen LogP contribution in [0.3, 0.4) is 0 Å². The van der Waals surface area contributed by atoms with Crippen molar-refractivity contribution in [2.45, 2.75) is 19.4 Å². The maximum absolute atomic E-state index is 10.4. The number of aliphatic carboxylic acids is 1. The number of carboxylic acids is 1. The van der Waals surface area contributed by atoms with E-state index in [9.17, 15) is 4.79 Å². The second-order valence-corrected chi connectivity index (χ2v) is 3.01. The van der Waals surface area contributed by atoms with E-state index in [0.29, 0.717) is 0 Å². The van der Waals surface area contributed by atoms with Crippen molar-refractivity contribution >= 4 is 5.97 Å². The van der Waals surface area contributed by atoms with Gasteiger partial charge in [-0.1, -0.05) is 0 Å². The van der Waals surface area contributed by atoms with Crippen molar-refractivity contribution in [3.63, 3.8) is 0 Å². The van der Waals surface area contributed by atoms with Gasteiger partial charge in [-0.05, 0) is 6.92 Å². The third kappa shape index (κ3) is 2.06. The Hall–Kier alpha value is -1.36. The molecule has 1 atom stereocenters. The van der Waals surface area contributed by atoms with Gasteiger partial charge in [0.2, 0.25) is 0 Å². The molecule has 13 heavy (non-hydrogen) atoms. The summed E-state index contributed by atoms with van der Waals surface area (Å²) in [4.78, 5) is 10.4. The zero-order valence-corrected chi connectivity index (χ0v) is 7.69. The zero-order chi connectivity index (χ0) is 10.0. The van der Waals surface area contributed by atoms with E-state index in [1.807, 2.05) is 6.92 Å². The van der Waals surface area contributed by atoms with Crippen molar-refractivity contribution < 1.29 is 9.90 Å². The topological polar surface area (TPSA) is 81.1 Å². The van der Waals surface area contributed by atoms with Crippen LogP contribution in [0.15, 0.2) is 6.20 Å². The molecule has 1 aromatic heterocycles. The van der Waals surface area contributed by atoms with Gasteiger partial charge in [0.25, 0.3) is 0 Å². The van der Waals surface area contributed by atoms with Gasteiger partial charge in [-0.25, -0.2) is 0 Å². The second kappa shape index (κ2) is 3.57. The smallest absolute Gasteiger partial charge is 0.305 e. The quantitative estimate of drug-likeness (QED) is 0.701. The molecule has 0 unspecified atom stereocenters. The summed E-state index contributed by atoms with van der Waals surface area (Å²) >= 11 is 0. The molecule has 1 heterocycles. The van der Waals surface area contributed by atoms with Crippen molar-refractivity contribution in [3.8, 4) is 0 Å². The number of aryl methyl sites for hydroxylation is 1. The molecule has 0 amide bonds. The van der Waals surface area contributed by atoms with Gasteiger partial charge in [0, 0.05) is 24.3 Å². The van der Waals surface area contributed by atoms with Crippen molar-refractivity contribution in [1.82, 2.24) is 9.78 Å². The molecule has 0 aliphatic heterocycles. The Labute approximate surface area is 76.2 Å². The minimum atomic E-state index is -0.893. The third-order valence-corrected chi connectivity index (χ3v) is 2.07. The Morgan fingerprint density at radius 1 is 1.85 bits per heavy atom. The highest BCUT2D eigenvalue weighted by Crippen LogP contribution is 2.16. The summed E-state index contributed by atoms with van der Waals surface area (Å²) in [5.74, 6) is -0.893. The minimum absolute atomic E-state index is 0.0630. The van der Waals surface area contributed by atoms with Crippen molar-refractivity contribution in [2.75, 3.05) is 0 Å². The van der Waals surface area contributed by atoms with E-state index in [0.717, 1.165) is 11.3 Å². The molecule has 1 aromatic rings. The molecule has 0 saturated heterocycles. The summed E-state index contributed by atoms with van der Waals surface area (Å²) in [7, 11) is 1.80. The second-order valence-electron chi connectivity index (χ2n) is 3.01. The van der Waals surface area contributed by atoms with Gasteiger partial charge in [0.1, 0.15) is 0 Å². The number of rotatable bonds is 3. The molecule has 5 heteroatoms. The van der Waals surface area contributed by atoms with Crippen molar-refractivity contribution in [3.05, 3.63) is 17.5 Å². The number of nitrogens with zero attached hydrogens (tertiary/aromatic N) is 2. The summed E-state index contributed by atoms with van der Waals surface area (Å²) in [6, 6.07) is -0.466. The van der Waals surface area contributed by atoms with Gasteiger partial charge in [-0.15, -0.1) is 0 Å².